The first-order chi connectivity index (χ1) is 11.9. The van der Waals surface area contributed by atoms with Gasteiger partial charge in [-0.3, -0.25) is 4.79 Å². The summed E-state index contributed by atoms with van der Waals surface area (Å²) in [7, 11) is 3.49. The van der Waals surface area contributed by atoms with Crippen molar-refractivity contribution in [1.29, 1.82) is 0 Å². The number of aliphatic imine (C=N–C) groups is 1. The summed E-state index contributed by atoms with van der Waals surface area (Å²) in [5, 5.41) is 3.34. The lowest BCUT2D eigenvalue weighted by Crippen LogP contribution is -2.49. The van der Waals surface area contributed by atoms with Crippen molar-refractivity contribution >= 4 is 11.9 Å². The van der Waals surface area contributed by atoms with E-state index in [1.54, 1.807) is 19.0 Å². The summed E-state index contributed by atoms with van der Waals surface area (Å²) in [5.74, 6) is 1.33. The number of aromatic nitrogens is 2. The molecule has 1 aromatic rings. The number of carbonyl (C=O) groups is 1. The Labute approximate surface area is 150 Å². The van der Waals surface area contributed by atoms with Gasteiger partial charge in [-0.15, -0.1) is 0 Å². The molecule has 1 fully saturated rings. The molecule has 0 aromatic carbocycles. The number of guanidine groups is 1. The predicted octanol–water partition coefficient (Wildman–Crippen LogP) is 1.38. The van der Waals surface area contributed by atoms with Crippen LogP contribution in [0.15, 0.2) is 35.9 Å². The summed E-state index contributed by atoms with van der Waals surface area (Å²) in [5.41, 5.74) is 1.03. The summed E-state index contributed by atoms with van der Waals surface area (Å²) >= 11 is 0. The minimum Gasteiger partial charge on any atom is -0.353 e. The van der Waals surface area contributed by atoms with E-state index in [4.69, 9.17) is 0 Å². The molecule has 1 N–H and O–H groups in total. The van der Waals surface area contributed by atoms with Gasteiger partial charge in [-0.2, -0.15) is 0 Å². The molecule has 2 unspecified atom stereocenters. The minimum absolute atomic E-state index is 0.00818. The Morgan fingerprint density at radius 3 is 2.84 bits per heavy atom. The molecular formula is C18H30N6O. The number of carbonyl (C=O) groups excluding carboxylic acids is 1. The maximum atomic E-state index is 11.9. The van der Waals surface area contributed by atoms with Gasteiger partial charge < -0.3 is 19.7 Å². The molecule has 1 aliphatic rings. The lowest BCUT2D eigenvalue weighted by molar-refractivity contribution is -0.127. The minimum atomic E-state index is -0.00818. The van der Waals surface area contributed by atoms with Crippen LogP contribution in [0.1, 0.15) is 26.3 Å². The lowest BCUT2D eigenvalue weighted by atomic mass is 9.93. The van der Waals surface area contributed by atoms with E-state index >= 15 is 0 Å². The van der Waals surface area contributed by atoms with Crippen LogP contribution in [0, 0.1) is 5.92 Å². The molecule has 1 saturated heterocycles. The maximum Gasteiger partial charge on any atom is 0.243 e. The van der Waals surface area contributed by atoms with Crippen molar-refractivity contribution in [3.8, 4) is 0 Å². The number of rotatable bonds is 5. The highest BCUT2D eigenvalue weighted by molar-refractivity contribution is 5.85. The number of imidazole rings is 1. The molecule has 0 saturated carbocycles. The van der Waals surface area contributed by atoms with Gasteiger partial charge in [0.15, 0.2) is 5.96 Å². The molecule has 2 heterocycles. The van der Waals surface area contributed by atoms with Crippen LogP contribution in [-0.2, 0) is 4.79 Å². The summed E-state index contributed by atoms with van der Waals surface area (Å²) in [6, 6.07) is 0.345. The molecule has 0 bridgehead atoms. The van der Waals surface area contributed by atoms with E-state index in [9.17, 15) is 4.79 Å². The zero-order valence-corrected chi connectivity index (χ0v) is 15.8. The first kappa shape index (κ1) is 19.0. The SMILES string of the molecule is C=C(C)CNC(=NCC(=O)N(C)C)N1CCC(C)C(n2ccnc2)C1. The van der Waals surface area contributed by atoms with Gasteiger partial charge in [0, 0.05) is 46.1 Å². The van der Waals surface area contributed by atoms with E-state index in [2.05, 4.69) is 38.3 Å². The average molecular weight is 346 g/mol. The topological polar surface area (TPSA) is 65.8 Å². The molecule has 0 aliphatic carbocycles. The van der Waals surface area contributed by atoms with Gasteiger partial charge in [-0.05, 0) is 19.3 Å². The molecule has 1 aliphatic heterocycles. The van der Waals surface area contributed by atoms with Gasteiger partial charge in [-0.1, -0.05) is 19.1 Å². The van der Waals surface area contributed by atoms with E-state index in [1.807, 2.05) is 25.6 Å². The largest absolute Gasteiger partial charge is 0.353 e. The van der Waals surface area contributed by atoms with Crippen LogP contribution >= 0.6 is 0 Å². The van der Waals surface area contributed by atoms with Crippen molar-refractivity contribution in [2.45, 2.75) is 26.3 Å². The zero-order chi connectivity index (χ0) is 18.4. The standard InChI is InChI=1S/C18H30N6O/c1-14(2)10-20-18(21-11-17(25)22(4)5)23-8-6-15(3)16(12-23)24-9-7-19-13-24/h7,9,13,15-16H,1,6,8,10-12H2,2-5H3,(H,20,21). The quantitative estimate of drug-likeness (QED) is 0.497. The van der Waals surface area contributed by atoms with Crippen LogP contribution in [0.5, 0.6) is 0 Å². The van der Waals surface area contributed by atoms with E-state index in [0.29, 0.717) is 18.5 Å². The highest BCUT2D eigenvalue weighted by atomic mass is 16.2. The Morgan fingerprint density at radius 1 is 1.48 bits per heavy atom. The van der Waals surface area contributed by atoms with E-state index < -0.39 is 0 Å². The number of nitrogens with zero attached hydrogens (tertiary/aromatic N) is 5. The maximum absolute atomic E-state index is 11.9. The first-order valence-corrected chi connectivity index (χ1v) is 8.73. The Morgan fingerprint density at radius 2 is 2.24 bits per heavy atom. The fourth-order valence-electron chi connectivity index (χ4n) is 2.88. The number of likely N-dealkylation sites (tertiary alicyclic amines) is 1. The summed E-state index contributed by atoms with van der Waals surface area (Å²) in [6.07, 6.45) is 6.77. The van der Waals surface area contributed by atoms with E-state index in [0.717, 1.165) is 31.0 Å². The third kappa shape index (κ3) is 5.34. The van der Waals surface area contributed by atoms with E-state index in [-0.39, 0.29) is 12.5 Å². The van der Waals surface area contributed by atoms with Crippen LogP contribution in [0.25, 0.3) is 0 Å². The van der Waals surface area contributed by atoms with Gasteiger partial charge in [0.05, 0.1) is 12.4 Å². The van der Waals surface area contributed by atoms with Gasteiger partial charge >= 0.3 is 0 Å². The van der Waals surface area contributed by atoms with Crippen molar-refractivity contribution in [2.24, 2.45) is 10.9 Å². The molecule has 0 spiro atoms. The average Bonchev–Trinajstić information content (AvgIpc) is 3.09. The number of hydrogen-bond acceptors (Lipinski definition) is 3. The molecule has 138 valence electrons. The summed E-state index contributed by atoms with van der Waals surface area (Å²) in [4.78, 5) is 24.4. The Hall–Kier alpha value is -2.31. The number of amides is 1. The number of nitrogens with one attached hydrogen (secondary N) is 1. The highest BCUT2D eigenvalue weighted by Crippen LogP contribution is 2.27. The highest BCUT2D eigenvalue weighted by Gasteiger charge is 2.29. The molecule has 7 nitrogen and oxygen atoms in total. The predicted molar refractivity (Wildman–Crippen MR) is 100 cm³/mol. The normalized spacial score (nSPS) is 21.1. The van der Waals surface area contributed by atoms with Crippen LogP contribution in [0.4, 0.5) is 0 Å². The van der Waals surface area contributed by atoms with Crippen molar-refractivity contribution in [2.75, 3.05) is 40.3 Å². The molecule has 0 radical (unpaired) electrons. The first-order valence-electron chi connectivity index (χ1n) is 8.73. The second kappa shape index (κ2) is 8.69. The van der Waals surface area contributed by atoms with Crippen LogP contribution in [0.3, 0.4) is 0 Å². The third-order valence-corrected chi connectivity index (χ3v) is 4.54. The smallest absolute Gasteiger partial charge is 0.243 e. The molecule has 25 heavy (non-hydrogen) atoms. The summed E-state index contributed by atoms with van der Waals surface area (Å²) < 4.78 is 2.16. The Kier molecular flexibility index (Phi) is 6.61. The van der Waals surface area contributed by atoms with Crippen molar-refractivity contribution < 1.29 is 4.79 Å². The summed E-state index contributed by atoms with van der Waals surface area (Å²) in [6.45, 7) is 10.7. The second-order valence-corrected chi connectivity index (χ2v) is 7.03. The van der Waals surface area contributed by atoms with Crippen molar-refractivity contribution in [1.82, 2.24) is 24.7 Å². The molecule has 1 aromatic heterocycles. The van der Waals surface area contributed by atoms with Gasteiger partial charge in [0.1, 0.15) is 6.54 Å². The van der Waals surface area contributed by atoms with E-state index in [1.165, 1.54) is 0 Å². The third-order valence-electron chi connectivity index (χ3n) is 4.54. The fourth-order valence-corrected chi connectivity index (χ4v) is 2.88. The lowest BCUT2D eigenvalue weighted by Gasteiger charge is -2.39. The van der Waals surface area contributed by atoms with Gasteiger partial charge in [0.25, 0.3) is 0 Å². The van der Waals surface area contributed by atoms with Crippen molar-refractivity contribution in [3.05, 3.63) is 30.9 Å². The van der Waals surface area contributed by atoms with Crippen LogP contribution in [-0.4, -0.2) is 71.5 Å². The second-order valence-electron chi connectivity index (χ2n) is 7.03. The molecule has 2 rings (SSSR count). The van der Waals surface area contributed by atoms with Crippen molar-refractivity contribution in [3.63, 3.8) is 0 Å². The molecular weight excluding hydrogens is 316 g/mol. The Balaban J connectivity index is 2.13. The Bertz CT molecular complexity index is 607. The fraction of sp³-hybridized carbons (Fsp3) is 0.611. The van der Waals surface area contributed by atoms with Crippen LogP contribution in [0.2, 0.25) is 0 Å². The molecule has 1 amide bonds. The number of hydrogen-bond donors (Lipinski definition) is 1. The van der Waals surface area contributed by atoms with Gasteiger partial charge in [0.2, 0.25) is 5.91 Å². The molecule has 2 atom stereocenters. The number of likely N-dealkylation sites (N-methyl/N-ethyl adjacent to an activating group) is 1. The van der Waals surface area contributed by atoms with Crippen LogP contribution < -0.4 is 5.32 Å². The number of piperidine rings is 1. The van der Waals surface area contributed by atoms with Gasteiger partial charge in [-0.25, -0.2) is 9.98 Å². The monoisotopic (exact) mass is 346 g/mol. The zero-order valence-electron chi connectivity index (χ0n) is 15.8. The molecule has 7 heteroatoms.